The summed E-state index contributed by atoms with van der Waals surface area (Å²) in [6.45, 7) is -0.0120. The molecule has 0 radical (unpaired) electrons. The molecule has 4 N–H and O–H groups in total. The molecule has 8 heteroatoms. The van der Waals surface area contributed by atoms with Crippen molar-refractivity contribution in [2.45, 2.75) is 76.4 Å². The summed E-state index contributed by atoms with van der Waals surface area (Å²) in [4.78, 5) is 18.7. The van der Waals surface area contributed by atoms with Crippen molar-refractivity contribution < 1.29 is 14.3 Å². The van der Waals surface area contributed by atoms with E-state index >= 15 is 0 Å². The maximum atomic E-state index is 12.6. The lowest BCUT2D eigenvalue weighted by Gasteiger charge is -2.56. The quantitative estimate of drug-likeness (QED) is 0.489. The fraction of sp³-hybridized carbons (Fsp3) is 0.667. The predicted molar refractivity (Wildman–Crippen MR) is 123 cm³/mol. The molecule has 3 saturated carbocycles. The van der Waals surface area contributed by atoms with E-state index < -0.39 is 0 Å². The van der Waals surface area contributed by atoms with E-state index in [0.29, 0.717) is 22.5 Å². The van der Waals surface area contributed by atoms with Crippen LogP contribution in [0.4, 0.5) is 4.79 Å². The Hall–Kier alpha value is -2.48. The molecule has 0 bridgehead atoms. The molecule has 3 aliphatic carbocycles. The molecule has 0 saturated heterocycles. The Morgan fingerprint density at radius 1 is 1.16 bits per heavy atom. The van der Waals surface area contributed by atoms with Crippen LogP contribution in [-0.2, 0) is 4.74 Å². The summed E-state index contributed by atoms with van der Waals surface area (Å²) in [5.74, 6) is 6.73. The molecule has 32 heavy (non-hydrogen) atoms. The molecule has 0 aromatic carbocycles. The van der Waals surface area contributed by atoms with Crippen molar-refractivity contribution in [1.82, 2.24) is 14.9 Å². The molecule has 1 heterocycles. The summed E-state index contributed by atoms with van der Waals surface area (Å²) in [5, 5.41) is 1.38. The van der Waals surface area contributed by atoms with Crippen LogP contribution in [0.2, 0.25) is 0 Å². The highest BCUT2D eigenvalue weighted by Crippen LogP contribution is 2.57. The van der Waals surface area contributed by atoms with Crippen LogP contribution < -0.4 is 16.3 Å². The van der Waals surface area contributed by atoms with Gasteiger partial charge >= 0.3 is 6.09 Å². The number of carbonyl (C=O) groups excluding carboxylic acids is 1. The normalized spacial score (nSPS) is 21.2. The molecule has 3 aliphatic rings. The van der Waals surface area contributed by atoms with Gasteiger partial charge in [0.1, 0.15) is 12.4 Å². The van der Waals surface area contributed by atoms with Gasteiger partial charge in [0.15, 0.2) is 0 Å². The lowest BCUT2D eigenvalue weighted by Crippen LogP contribution is -2.54. The van der Waals surface area contributed by atoms with E-state index in [9.17, 15) is 4.79 Å². The van der Waals surface area contributed by atoms with Crippen LogP contribution in [0.3, 0.4) is 0 Å². The van der Waals surface area contributed by atoms with E-state index in [0.717, 1.165) is 31.4 Å². The van der Waals surface area contributed by atoms with Gasteiger partial charge in [0, 0.05) is 20.1 Å². The van der Waals surface area contributed by atoms with Gasteiger partial charge in [-0.3, -0.25) is 4.98 Å². The molecule has 1 aromatic heterocycles. The van der Waals surface area contributed by atoms with Gasteiger partial charge in [-0.1, -0.05) is 12.8 Å². The number of likely N-dealkylation sites (N-methyl/N-ethyl adjacent to an activating group) is 1. The minimum absolute atomic E-state index is 0.0120. The third-order valence-electron chi connectivity index (χ3n) is 7.52. The molecule has 176 valence electrons. The summed E-state index contributed by atoms with van der Waals surface area (Å²) in [7, 11) is 3.48. The standard InChI is InChI=1S/C24H37N5O3/c1-28(17-13-24(14-17)11-6-12-24)23(30)31-16-21(29(2)26)22(25)20-10-9-19(15-27-20)32-18-7-4-3-5-8-18/h9-10,15,17-18H,3-8,11-14,16,25-26H2,1-2H3/b22-21-. The van der Waals surface area contributed by atoms with E-state index in [4.69, 9.17) is 21.1 Å². The van der Waals surface area contributed by atoms with Gasteiger partial charge in [-0.05, 0) is 68.9 Å². The van der Waals surface area contributed by atoms with Gasteiger partial charge in [-0.25, -0.2) is 10.6 Å². The van der Waals surface area contributed by atoms with Crippen LogP contribution in [0.1, 0.15) is 69.9 Å². The van der Waals surface area contributed by atoms with Crippen molar-refractivity contribution in [3.8, 4) is 5.75 Å². The lowest BCUT2D eigenvalue weighted by atomic mass is 9.54. The third-order valence-corrected chi connectivity index (χ3v) is 7.52. The van der Waals surface area contributed by atoms with Crippen LogP contribution in [0.15, 0.2) is 24.0 Å². The highest BCUT2D eigenvalue weighted by Gasteiger charge is 2.50. The molecule has 4 rings (SSSR count). The molecular formula is C24H37N5O3. The lowest BCUT2D eigenvalue weighted by molar-refractivity contribution is -0.0432. The van der Waals surface area contributed by atoms with Crippen molar-refractivity contribution in [2.24, 2.45) is 17.0 Å². The number of amides is 1. The maximum Gasteiger partial charge on any atom is 0.410 e. The number of rotatable bonds is 7. The number of hydrazine groups is 1. The van der Waals surface area contributed by atoms with Gasteiger partial charge in [0.05, 0.1) is 29.4 Å². The summed E-state index contributed by atoms with van der Waals surface area (Å²) < 4.78 is 11.6. The van der Waals surface area contributed by atoms with Crippen LogP contribution in [0.5, 0.6) is 5.75 Å². The summed E-state index contributed by atoms with van der Waals surface area (Å²) in [5.41, 5.74) is 8.31. The average Bonchev–Trinajstić information content (AvgIpc) is 2.72. The predicted octanol–water partition coefficient (Wildman–Crippen LogP) is 3.63. The van der Waals surface area contributed by atoms with E-state index in [2.05, 4.69) is 4.98 Å². The summed E-state index contributed by atoms with van der Waals surface area (Å²) in [6.07, 6.45) is 13.6. The second-order valence-electron chi connectivity index (χ2n) is 9.81. The number of aromatic nitrogens is 1. The zero-order valence-corrected chi connectivity index (χ0v) is 19.4. The van der Waals surface area contributed by atoms with Crippen molar-refractivity contribution >= 4 is 11.8 Å². The number of nitrogens with zero attached hydrogens (tertiary/aromatic N) is 3. The van der Waals surface area contributed by atoms with E-state index in [1.54, 1.807) is 18.1 Å². The Kier molecular flexibility index (Phi) is 6.79. The van der Waals surface area contributed by atoms with Crippen LogP contribution in [0.25, 0.3) is 5.70 Å². The first-order valence-electron chi connectivity index (χ1n) is 11.9. The Labute approximate surface area is 190 Å². The minimum Gasteiger partial charge on any atom is -0.489 e. The molecule has 3 fully saturated rings. The molecule has 0 aliphatic heterocycles. The van der Waals surface area contributed by atoms with E-state index in [1.165, 1.54) is 43.5 Å². The van der Waals surface area contributed by atoms with Gasteiger partial charge in [0.25, 0.3) is 0 Å². The Balaban J connectivity index is 1.34. The highest BCUT2D eigenvalue weighted by atomic mass is 16.6. The van der Waals surface area contributed by atoms with Crippen molar-refractivity contribution in [3.05, 3.63) is 29.7 Å². The van der Waals surface area contributed by atoms with Gasteiger partial charge < -0.3 is 25.1 Å². The minimum atomic E-state index is -0.347. The maximum absolute atomic E-state index is 12.6. The summed E-state index contributed by atoms with van der Waals surface area (Å²) >= 11 is 0. The number of ether oxygens (including phenoxy) is 2. The first-order chi connectivity index (χ1) is 15.4. The number of nitrogens with two attached hydrogens (primary N) is 2. The van der Waals surface area contributed by atoms with Crippen molar-refractivity contribution in [3.63, 3.8) is 0 Å². The number of pyridine rings is 1. The van der Waals surface area contributed by atoms with Gasteiger partial charge in [-0.2, -0.15) is 0 Å². The second-order valence-corrected chi connectivity index (χ2v) is 9.81. The Morgan fingerprint density at radius 3 is 2.44 bits per heavy atom. The molecule has 1 spiro atoms. The highest BCUT2D eigenvalue weighted by molar-refractivity contribution is 5.69. The van der Waals surface area contributed by atoms with E-state index in [-0.39, 0.29) is 24.8 Å². The van der Waals surface area contributed by atoms with Crippen molar-refractivity contribution in [2.75, 3.05) is 20.7 Å². The molecule has 0 unspecified atom stereocenters. The topological polar surface area (TPSA) is 107 Å². The van der Waals surface area contributed by atoms with E-state index in [1.807, 2.05) is 19.2 Å². The van der Waals surface area contributed by atoms with Crippen molar-refractivity contribution in [1.29, 1.82) is 0 Å². The first-order valence-corrected chi connectivity index (χ1v) is 11.9. The zero-order valence-electron chi connectivity index (χ0n) is 19.4. The molecule has 0 atom stereocenters. The number of carbonyl (C=O) groups is 1. The number of hydrogen-bond donors (Lipinski definition) is 2. The summed E-state index contributed by atoms with van der Waals surface area (Å²) in [6, 6.07) is 3.96. The van der Waals surface area contributed by atoms with Crippen LogP contribution in [0, 0.1) is 5.41 Å². The largest absolute Gasteiger partial charge is 0.489 e. The molecule has 1 amide bonds. The fourth-order valence-corrected chi connectivity index (χ4v) is 5.18. The SMILES string of the molecule is CN(N)/C(COC(=O)N(C)C1CC2(CCC2)C1)=C(\N)c1ccc(OC2CCCCC2)cn1. The van der Waals surface area contributed by atoms with Crippen LogP contribution in [-0.4, -0.2) is 53.8 Å². The number of hydrogen-bond acceptors (Lipinski definition) is 7. The molecule has 8 nitrogen and oxygen atoms in total. The first kappa shape index (κ1) is 22.7. The molecular weight excluding hydrogens is 406 g/mol. The smallest absolute Gasteiger partial charge is 0.410 e. The monoisotopic (exact) mass is 443 g/mol. The Bertz CT molecular complexity index is 821. The zero-order chi connectivity index (χ0) is 22.7. The molecule has 1 aromatic rings. The van der Waals surface area contributed by atoms with Crippen LogP contribution >= 0.6 is 0 Å². The fourth-order valence-electron chi connectivity index (χ4n) is 5.18. The second kappa shape index (κ2) is 9.57. The Morgan fingerprint density at radius 2 is 1.88 bits per heavy atom. The average molecular weight is 444 g/mol. The van der Waals surface area contributed by atoms with Gasteiger partial charge in [0.2, 0.25) is 0 Å². The third kappa shape index (κ3) is 4.95. The van der Waals surface area contributed by atoms with Gasteiger partial charge in [-0.15, -0.1) is 0 Å².